The van der Waals surface area contributed by atoms with Gasteiger partial charge in [0.15, 0.2) is 0 Å². The number of ether oxygens (including phenoxy) is 1. The highest BCUT2D eigenvalue weighted by Gasteiger charge is 2.10. The molecule has 0 bridgehead atoms. The van der Waals surface area contributed by atoms with Gasteiger partial charge in [0.25, 0.3) is 0 Å². The van der Waals surface area contributed by atoms with E-state index >= 15 is 0 Å². The van der Waals surface area contributed by atoms with Gasteiger partial charge in [0.1, 0.15) is 17.3 Å². The van der Waals surface area contributed by atoms with Crippen molar-refractivity contribution in [1.82, 2.24) is 0 Å². The number of halogens is 1. The topological polar surface area (TPSA) is 9.23 Å². The molecule has 0 aliphatic heterocycles. The summed E-state index contributed by atoms with van der Waals surface area (Å²) in [6.07, 6.45) is 4.84. The summed E-state index contributed by atoms with van der Waals surface area (Å²) in [5.74, 6) is 1.34. The second-order valence-corrected chi connectivity index (χ2v) is 5.15. The van der Waals surface area contributed by atoms with Crippen molar-refractivity contribution in [3.05, 3.63) is 58.9 Å². The van der Waals surface area contributed by atoms with Crippen LogP contribution in [0, 0.1) is 12.7 Å². The van der Waals surface area contributed by atoms with E-state index in [1.165, 1.54) is 42.5 Å². The molecule has 2 aromatic carbocycles. The summed E-state index contributed by atoms with van der Waals surface area (Å²) in [6, 6.07) is 10.9. The van der Waals surface area contributed by atoms with Crippen molar-refractivity contribution in [2.24, 2.45) is 0 Å². The third-order valence-electron chi connectivity index (χ3n) is 3.68. The maximum atomic E-state index is 13.1. The van der Waals surface area contributed by atoms with Gasteiger partial charge in [-0.2, -0.15) is 0 Å². The van der Waals surface area contributed by atoms with Crippen LogP contribution in [0.25, 0.3) is 0 Å². The van der Waals surface area contributed by atoms with E-state index in [2.05, 4.69) is 12.1 Å². The van der Waals surface area contributed by atoms with Crippen LogP contribution in [0.2, 0.25) is 0 Å². The molecule has 2 aromatic rings. The van der Waals surface area contributed by atoms with E-state index in [0.29, 0.717) is 0 Å². The van der Waals surface area contributed by atoms with Crippen molar-refractivity contribution < 1.29 is 9.13 Å². The second kappa shape index (κ2) is 5.04. The highest BCUT2D eigenvalue weighted by molar-refractivity contribution is 5.41. The lowest BCUT2D eigenvalue weighted by molar-refractivity contribution is 0.474. The molecule has 98 valence electrons. The van der Waals surface area contributed by atoms with Gasteiger partial charge in [-0.15, -0.1) is 0 Å². The molecular weight excluding hydrogens is 239 g/mol. The number of benzene rings is 2. The zero-order valence-corrected chi connectivity index (χ0v) is 11.1. The van der Waals surface area contributed by atoms with Gasteiger partial charge < -0.3 is 4.74 Å². The molecule has 0 heterocycles. The predicted octanol–water partition coefficient (Wildman–Crippen LogP) is 4.81. The van der Waals surface area contributed by atoms with Crippen molar-refractivity contribution in [2.75, 3.05) is 0 Å². The predicted molar refractivity (Wildman–Crippen MR) is 74.3 cm³/mol. The molecule has 0 aromatic heterocycles. The summed E-state index contributed by atoms with van der Waals surface area (Å²) in [4.78, 5) is 0. The Balaban J connectivity index is 1.87. The van der Waals surface area contributed by atoms with Gasteiger partial charge in [0.05, 0.1) is 0 Å². The molecule has 1 aliphatic rings. The van der Waals surface area contributed by atoms with Crippen LogP contribution in [0.4, 0.5) is 4.39 Å². The first kappa shape index (κ1) is 12.2. The Labute approximate surface area is 113 Å². The fraction of sp³-hybridized carbons (Fsp3) is 0.294. The van der Waals surface area contributed by atoms with Crippen LogP contribution in [-0.4, -0.2) is 0 Å². The average Bonchev–Trinajstić information content (AvgIpc) is 2.42. The van der Waals surface area contributed by atoms with Gasteiger partial charge in [0.2, 0.25) is 0 Å². The van der Waals surface area contributed by atoms with Gasteiger partial charge in [0, 0.05) is 0 Å². The highest BCUT2D eigenvalue weighted by Crippen LogP contribution is 2.29. The van der Waals surface area contributed by atoms with Crippen molar-refractivity contribution >= 4 is 0 Å². The lowest BCUT2D eigenvalue weighted by Gasteiger charge is -2.17. The fourth-order valence-electron chi connectivity index (χ4n) is 2.63. The molecule has 0 N–H and O–H groups in total. The van der Waals surface area contributed by atoms with E-state index < -0.39 is 0 Å². The van der Waals surface area contributed by atoms with Crippen molar-refractivity contribution in [1.29, 1.82) is 0 Å². The highest BCUT2D eigenvalue weighted by atomic mass is 19.1. The minimum atomic E-state index is -0.227. The van der Waals surface area contributed by atoms with Gasteiger partial charge in [-0.25, -0.2) is 4.39 Å². The number of aryl methyl sites for hydroxylation is 3. The summed E-state index contributed by atoms with van der Waals surface area (Å²) in [5.41, 5.74) is 3.65. The maximum absolute atomic E-state index is 13.1. The Hall–Kier alpha value is -1.83. The van der Waals surface area contributed by atoms with E-state index in [4.69, 9.17) is 4.74 Å². The zero-order chi connectivity index (χ0) is 13.2. The first-order valence-corrected chi connectivity index (χ1v) is 6.78. The third-order valence-corrected chi connectivity index (χ3v) is 3.68. The van der Waals surface area contributed by atoms with Crippen molar-refractivity contribution in [3.63, 3.8) is 0 Å². The van der Waals surface area contributed by atoms with Gasteiger partial charge in [-0.3, -0.25) is 0 Å². The lowest BCUT2D eigenvalue weighted by Crippen LogP contribution is -2.02. The van der Waals surface area contributed by atoms with Crippen LogP contribution in [0.1, 0.15) is 29.5 Å². The number of hydrogen-bond donors (Lipinski definition) is 0. The zero-order valence-electron chi connectivity index (χ0n) is 11.1. The molecule has 0 atom stereocenters. The summed E-state index contributed by atoms with van der Waals surface area (Å²) >= 11 is 0. The van der Waals surface area contributed by atoms with E-state index in [9.17, 15) is 4.39 Å². The number of hydrogen-bond acceptors (Lipinski definition) is 1. The van der Waals surface area contributed by atoms with Crippen molar-refractivity contribution in [2.45, 2.75) is 32.6 Å². The first-order chi connectivity index (χ1) is 9.22. The lowest BCUT2D eigenvalue weighted by atomic mass is 9.92. The Morgan fingerprint density at radius 1 is 0.947 bits per heavy atom. The Bertz CT molecular complexity index is 604. The smallest absolute Gasteiger partial charge is 0.130 e. The molecule has 0 saturated heterocycles. The fourth-order valence-corrected chi connectivity index (χ4v) is 2.63. The Morgan fingerprint density at radius 3 is 2.53 bits per heavy atom. The standard InChI is InChI=1S/C17H17FO/c1-12-10-15(18)7-9-17(12)19-16-8-6-13-4-2-3-5-14(13)11-16/h6-11H,2-5H2,1H3. The van der Waals surface area contributed by atoms with E-state index in [1.807, 2.05) is 13.0 Å². The third kappa shape index (κ3) is 2.62. The molecule has 0 unspecified atom stereocenters. The molecule has 0 saturated carbocycles. The minimum Gasteiger partial charge on any atom is -0.457 e. The average molecular weight is 256 g/mol. The minimum absolute atomic E-state index is 0.227. The summed E-state index contributed by atoms with van der Waals surface area (Å²) in [7, 11) is 0. The Morgan fingerprint density at radius 2 is 1.74 bits per heavy atom. The van der Waals surface area contributed by atoms with E-state index in [-0.39, 0.29) is 5.82 Å². The van der Waals surface area contributed by atoms with Crippen LogP contribution >= 0.6 is 0 Å². The molecule has 0 radical (unpaired) electrons. The first-order valence-electron chi connectivity index (χ1n) is 6.78. The maximum Gasteiger partial charge on any atom is 0.130 e. The molecule has 2 heteroatoms. The van der Waals surface area contributed by atoms with Crippen LogP contribution in [0.15, 0.2) is 36.4 Å². The molecular formula is C17H17FO. The summed E-state index contributed by atoms with van der Waals surface area (Å²) in [5, 5.41) is 0. The van der Waals surface area contributed by atoms with Crippen LogP contribution in [-0.2, 0) is 12.8 Å². The van der Waals surface area contributed by atoms with Crippen LogP contribution in [0.5, 0.6) is 11.5 Å². The molecule has 0 spiro atoms. The van der Waals surface area contributed by atoms with Crippen LogP contribution < -0.4 is 4.74 Å². The molecule has 19 heavy (non-hydrogen) atoms. The molecule has 0 fully saturated rings. The normalized spacial score (nSPS) is 14.0. The SMILES string of the molecule is Cc1cc(F)ccc1Oc1ccc2c(c1)CCCC2. The monoisotopic (exact) mass is 256 g/mol. The van der Waals surface area contributed by atoms with Gasteiger partial charge in [-0.05, 0) is 79.6 Å². The summed E-state index contributed by atoms with van der Waals surface area (Å²) in [6.45, 7) is 1.86. The van der Waals surface area contributed by atoms with Crippen LogP contribution in [0.3, 0.4) is 0 Å². The summed E-state index contributed by atoms with van der Waals surface area (Å²) < 4.78 is 18.9. The van der Waals surface area contributed by atoms with Crippen molar-refractivity contribution in [3.8, 4) is 11.5 Å². The quantitative estimate of drug-likeness (QED) is 0.749. The van der Waals surface area contributed by atoms with Gasteiger partial charge in [-0.1, -0.05) is 6.07 Å². The molecule has 1 aliphatic carbocycles. The Kier molecular flexibility index (Phi) is 3.24. The van der Waals surface area contributed by atoms with Gasteiger partial charge >= 0.3 is 0 Å². The largest absolute Gasteiger partial charge is 0.457 e. The number of fused-ring (bicyclic) bond motifs is 1. The molecule has 1 nitrogen and oxygen atoms in total. The van der Waals surface area contributed by atoms with E-state index in [0.717, 1.165) is 23.5 Å². The van der Waals surface area contributed by atoms with E-state index in [1.54, 1.807) is 6.07 Å². The second-order valence-electron chi connectivity index (χ2n) is 5.15. The molecule has 3 rings (SSSR count). The molecule has 0 amide bonds. The number of rotatable bonds is 2.